The van der Waals surface area contributed by atoms with E-state index >= 15 is 0 Å². The van der Waals surface area contributed by atoms with Crippen molar-refractivity contribution >= 4 is 5.97 Å². The number of rotatable bonds is 2. The smallest absolute Gasteiger partial charge is 0.328 e. The molecule has 0 saturated carbocycles. The minimum Gasteiger partial charge on any atom is -0.480 e. The van der Waals surface area contributed by atoms with Crippen LogP contribution in [0, 0.1) is 22.9 Å². The Hall–Kier alpha value is -1.75. The van der Waals surface area contributed by atoms with E-state index in [2.05, 4.69) is 0 Å². The zero-order chi connectivity index (χ0) is 8.15. The van der Waals surface area contributed by atoms with E-state index in [1.54, 1.807) is 0 Å². The van der Waals surface area contributed by atoms with Crippen LogP contribution >= 0.6 is 0 Å². The van der Waals surface area contributed by atoms with Gasteiger partial charge in [-0.3, -0.25) is 0 Å². The lowest BCUT2D eigenvalue weighted by Crippen LogP contribution is -2.31. The summed E-state index contributed by atoms with van der Waals surface area (Å²) in [5, 5.41) is 24.5. The highest BCUT2D eigenvalue weighted by molar-refractivity contribution is 5.73. The summed E-state index contributed by atoms with van der Waals surface area (Å²) in [6.07, 6.45) is 2.85. The van der Waals surface area contributed by atoms with E-state index in [1.807, 2.05) is 0 Å². The van der Waals surface area contributed by atoms with Gasteiger partial charge in [-0.2, -0.15) is 10.5 Å². The van der Waals surface area contributed by atoms with Crippen molar-refractivity contribution in [3.05, 3.63) is 0 Å². The number of hydrogen-bond donors (Lipinski definition) is 1. The Morgan fingerprint density at radius 3 is 2.10 bits per heavy atom. The Bertz CT molecular complexity index is 198. The van der Waals surface area contributed by atoms with E-state index < -0.39 is 12.0 Å². The predicted molar refractivity (Wildman–Crippen MR) is 30.2 cm³/mol. The van der Waals surface area contributed by atoms with Crippen molar-refractivity contribution in [3.8, 4) is 12.4 Å². The summed E-state index contributed by atoms with van der Waals surface area (Å²) in [7, 11) is 0. The highest BCUT2D eigenvalue weighted by Gasteiger charge is 2.18. The molecule has 0 rings (SSSR count). The van der Waals surface area contributed by atoms with Crippen molar-refractivity contribution < 1.29 is 9.90 Å². The number of carboxylic acid groups (broad SMARTS) is 1. The zero-order valence-electron chi connectivity index (χ0n) is 5.27. The Morgan fingerprint density at radius 1 is 1.60 bits per heavy atom. The van der Waals surface area contributed by atoms with Gasteiger partial charge in [0.2, 0.25) is 0 Å². The molecule has 0 spiro atoms. The number of carbonyl (C=O) groups is 1. The zero-order valence-corrected chi connectivity index (χ0v) is 5.27. The summed E-state index contributed by atoms with van der Waals surface area (Å²) < 4.78 is 0. The molecule has 5 heteroatoms. The largest absolute Gasteiger partial charge is 0.480 e. The topological polar surface area (TPSA) is 88.1 Å². The second kappa shape index (κ2) is 3.31. The fourth-order valence-corrected chi connectivity index (χ4v) is 0.306. The van der Waals surface area contributed by atoms with Gasteiger partial charge in [-0.15, -0.1) is 0 Å². The number of aliphatic carboxylic acids is 1. The molecule has 1 N–H and O–H groups in total. The van der Waals surface area contributed by atoms with Gasteiger partial charge >= 0.3 is 5.97 Å². The number of nitrogens with zero attached hydrogens (tertiary/aromatic N) is 3. The molecule has 52 valence electrons. The van der Waals surface area contributed by atoms with Crippen LogP contribution in [0.2, 0.25) is 0 Å². The molecular weight excluding hydrogens is 134 g/mol. The van der Waals surface area contributed by atoms with E-state index in [9.17, 15) is 4.79 Å². The van der Waals surface area contributed by atoms with Crippen LogP contribution in [-0.2, 0) is 4.79 Å². The van der Waals surface area contributed by atoms with Crippen molar-refractivity contribution in [1.82, 2.24) is 4.90 Å². The number of nitriles is 2. The molecule has 0 aliphatic carbocycles. The van der Waals surface area contributed by atoms with Crippen molar-refractivity contribution in [2.24, 2.45) is 0 Å². The first kappa shape index (κ1) is 8.25. The van der Waals surface area contributed by atoms with Gasteiger partial charge in [0.1, 0.15) is 6.04 Å². The molecule has 1 atom stereocenters. The van der Waals surface area contributed by atoms with Gasteiger partial charge < -0.3 is 5.11 Å². The van der Waals surface area contributed by atoms with Crippen molar-refractivity contribution in [2.75, 3.05) is 0 Å². The van der Waals surface area contributed by atoms with Crippen molar-refractivity contribution in [2.45, 2.75) is 13.0 Å². The lowest BCUT2D eigenvalue weighted by molar-refractivity contribution is -0.140. The third kappa shape index (κ3) is 1.64. The van der Waals surface area contributed by atoms with Crippen LogP contribution in [-0.4, -0.2) is 22.0 Å². The summed E-state index contributed by atoms with van der Waals surface area (Å²) in [5.41, 5.74) is 0. The Morgan fingerprint density at radius 2 is 2.00 bits per heavy atom. The van der Waals surface area contributed by atoms with Gasteiger partial charge in [0.25, 0.3) is 0 Å². The molecule has 0 radical (unpaired) electrons. The molecule has 0 aromatic carbocycles. The highest BCUT2D eigenvalue weighted by Crippen LogP contribution is 1.93. The van der Waals surface area contributed by atoms with Gasteiger partial charge in [0.05, 0.1) is 0 Å². The Kier molecular flexibility index (Phi) is 2.73. The van der Waals surface area contributed by atoms with E-state index in [0.29, 0.717) is 4.90 Å². The Balaban J connectivity index is 4.23. The average molecular weight is 139 g/mol. The normalized spacial score (nSPS) is 10.7. The van der Waals surface area contributed by atoms with E-state index in [4.69, 9.17) is 15.6 Å². The molecule has 0 fully saturated rings. The van der Waals surface area contributed by atoms with Crippen molar-refractivity contribution in [1.29, 1.82) is 10.5 Å². The standard InChI is InChI=1S/C5H5N3O2/c1-4(5(9)10)8(2-6)3-7/h4H,1H3,(H,9,10). The van der Waals surface area contributed by atoms with Crippen LogP contribution in [0.15, 0.2) is 0 Å². The number of carboxylic acids is 1. The highest BCUT2D eigenvalue weighted by atomic mass is 16.4. The summed E-state index contributed by atoms with van der Waals surface area (Å²) in [6.45, 7) is 1.26. The Labute approximate surface area is 57.7 Å². The minimum absolute atomic E-state index is 0.502. The molecule has 0 aliphatic heterocycles. The van der Waals surface area contributed by atoms with Gasteiger partial charge in [0, 0.05) is 0 Å². The van der Waals surface area contributed by atoms with Gasteiger partial charge in [0.15, 0.2) is 12.4 Å². The van der Waals surface area contributed by atoms with Crippen LogP contribution in [0.1, 0.15) is 6.92 Å². The first-order valence-corrected chi connectivity index (χ1v) is 2.45. The summed E-state index contributed by atoms with van der Waals surface area (Å²) in [6, 6.07) is -1.07. The molecule has 0 heterocycles. The third-order valence-electron chi connectivity index (χ3n) is 0.960. The maximum absolute atomic E-state index is 10.1. The second-order valence-electron chi connectivity index (χ2n) is 1.58. The predicted octanol–water partition coefficient (Wildman–Crippen LogP) is -0.276. The summed E-state index contributed by atoms with van der Waals surface area (Å²) in [5.74, 6) is -1.19. The van der Waals surface area contributed by atoms with E-state index in [-0.39, 0.29) is 0 Å². The average Bonchev–Trinajstić information content (AvgIpc) is 1.90. The molecule has 0 saturated heterocycles. The molecule has 0 amide bonds. The van der Waals surface area contributed by atoms with Crippen LogP contribution in [0.5, 0.6) is 0 Å². The van der Waals surface area contributed by atoms with Crippen molar-refractivity contribution in [3.63, 3.8) is 0 Å². The maximum atomic E-state index is 10.1. The lowest BCUT2D eigenvalue weighted by atomic mass is 10.3. The summed E-state index contributed by atoms with van der Waals surface area (Å²) >= 11 is 0. The summed E-state index contributed by atoms with van der Waals surface area (Å²) in [4.78, 5) is 10.6. The monoisotopic (exact) mass is 139 g/mol. The SMILES string of the molecule is CC(C(=O)O)N(C#N)C#N. The third-order valence-corrected chi connectivity index (χ3v) is 0.960. The van der Waals surface area contributed by atoms with Gasteiger partial charge in [-0.1, -0.05) is 0 Å². The van der Waals surface area contributed by atoms with Gasteiger partial charge in [-0.25, -0.2) is 9.69 Å². The van der Waals surface area contributed by atoms with Crippen LogP contribution in [0.25, 0.3) is 0 Å². The molecule has 0 aromatic heterocycles. The molecule has 0 aromatic rings. The van der Waals surface area contributed by atoms with Crippen LogP contribution in [0.3, 0.4) is 0 Å². The first-order valence-electron chi connectivity index (χ1n) is 2.45. The maximum Gasteiger partial charge on any atom is 0.328 e. The molecule has 0 bridgehead atoms. The van der Waals surface area contributed by atoms with Crippen LogP contribution in [0.4, 0.5) is 0 Å². The fraction of sp³-hybridized carbons (Fsp3) is 0.400. The number of hydrogen-bond acceptors (Lipinski definition) is 4. The fourth-order valence-electron chi connectivity index (χ4n) is 0.306. The first-order chi connectivity index (χ1) is 4.63. The van der Waals surface area contributed by atoms with E-state index in [0.717, 1.165) is 0 Å². The second-order valence-corrected chi connectivity index (χ2v) is 1.58. The van der Waals surface area contributed by atoms with E-state index in [1.165, 1.54) is 19.3 Å². The molecule has 10 heavy (non-hydrogen) atoms. The molecule has 5 nitrogen and oxygen atoms in total. The lowest BCUT2D eigenvalue weighted by Gasteiger charge is -2.08. The minimum atomic E-state index is -1.19. The van der Waals surface area contributed by atoms with Gasteiger partial charge in [-0.05, 0) is 6.92 Å². The van der Waals surface area contributed by atoms with Crippen LogP contribution < -0.4 is 0 Å². The molecular formula is C5H5N3O2. The quantitative estimate of drug-likeness (QED) is 0.420. The molecule has 1 unspecified atom stereocenters. The molecule has 0 aliphatic rings.